The van der Waals surface area contributed by atoms with E-state index in [-0.39, 0.29) is 62.5 Å². The summed E-state index contributed by atoms with van der Waals surface area (Å²) in [7, 11) is 5.70. The molecule has 0 heterocycles. The summed E-state index contributed by atoms with van der Waals surface area (Å²) in [5.41, 5.74) is 2.44. The number of aliphatic hydroxyl groups is 2. The van der Waals surface area contributed by atoms with Gasteiger partial charge in [0.05, 0.1) is 17.7 Å². The molecule has 5 N–H and O–H groups in total. The van der Waals surface area contributed by atoms with Gasteiger partial charge in [-0.3, -0.25) is 19.3 Å². The third kappa shape index (κ3) is 5.69. The number of hydrogen-bond acceptors (Lipinski definition) is 8. The van der Waals surface area contributed by atoms with Crippen molar-refractivity contribution in [2.45, 2.75) is 39.2 Å². The van der Waals surface area contributed by atoms with Crippen LogP contribution in [0.2, 0.25) is 0 Å². The van der Waals surface area contributed by atoms with Crippen molar-refractivity contribution in [1.29, 1.82) is 0 Å². The second-order valence-electron chi connectivity index (χ2n) is 10.1. The lowest BCUT2D eigenvalue weighted by Crippen LogP contribution is -2.35. The van der Waals surface area contributed by atoms with Crippen molar-refractivity contribution >= 4 is 23.0 Å². The fraction of sp³-hybridized carbons (Fsp3) is 0.519. The number of anilines is 1. The number of rotatable bonds is 9. The van der Waals surface area contributed by atoms with Crippen molar-refractivity contribution in [1.82, 2.24) is 4.90 Å². The van der Waals surface area contributed by atoms with Crippen LogP contribution in [-0.2, 0) is 22.6 Å². The summed E-state index contributed by atoms with van der Waals surface area (Å²) < 4.78 is 0. The number of phenols is 1. The van der Waals surface area contributed by atoms with Gasteiger partial charge in [-0.15, -0.1) is 6.58 Å². The summed E-state index contributed by atoms with van der Waals surface area (Å²) in [5, 5.41) is 31.5. The number of aromatic hydroxyl groups is 1. The number of phenolic OH excluding ortho intramolecular Hbond substituents is 1. The van der Waals surface area contributed by atoms with E-state index in [9.17, 15) is 29.7 Å². The highest BCUT2D eigenvalue weighted by atomic mass is 16.3. The molecular formula is C27H42N2O7. The lowest BCUT2D eigenvalue weighted by molar-refractivity contribution is -0.123. The Bertz CT molecular complexity index is 1090. The molecule has 36 heavy (non-hydrogen) atoms. The molecule has 9 nitrogen and oxygen atoms in total. The van der Waals surface area contributed by atoms with Crippen molar-refractivity contribution < 1.29 is 38.0 Å². The van der Waals surface area contributed by atoms with Crippen LogP contribution in [0.25, 0.3) is 0 Å². The molecule has 0 spiro atoms. The molecule has 0 radical (unpaired) electrons. The lowest BCUT2D eigenvalue weighted by Gasteiger charge is -2.35. The Hall–Kier alpha value is -3.01. The number of benzene rings is 1. The van der Waals surface area contributed by atoms with Crippen LogP contribution >= 0.6 is 0 Å². The molecule has 0 amide bonds. The molecule has 2 aliphatic rings. The number of hydrogen-bond donors (Lipinski definition) is 3. The lowest BCUT2D eigenvalue weighted by atomic mass is 9.70. The van der Waals surface area contributed by atoms with Gasteiger partial charge in [0.2, 0.25) is 0 Å². The van der Waals surface area contributed by atoms with Gasteiger partial charge < -0.3 is 25.7 Å². The van der Waals surface area contributed by atoms with Gasteiger partial charge in [-0.2, -0.15) is 0 Å². The average Bonchev–Trinajstić information content (AvgIpc) is 2.75. The maximum atomic E-state index is 13.3. The van der Waals surface area contributed by atoms with Crippen LogP contribution in [0, 0.1) is 17.8 Å². The highest BCUT2D eigenvalue weighted by molar-refractivity contribution is 6.20. The van der Waals surface area contributed by atoms with Crippen molar-refractivity contribution in [2.24, 2.45) is 17.8 Å². The first-order valence-electron chi connectivity index (χ1n) is 12.0. The molecular weight excluding hydrogens is 464 g/mol. The normalized spacial score (nSPS) is 21.8. The van der Waals surface area contributed by atoms with E-state index in [4.69, 9.17) is 0 Å². The summed E-state index contributed by atoms with van der Waals surface area (Å²) in [5.74, 6) is -2.64. The zero-order chi connectivity index (χ0) is 26.0. The fourth-order valence-electron chi connectivity index (χ4n) is 5.57. The van der Waals surface area contributed by atoms with Gasteiger partial charge in [0.25, 0.3) is 0 Å². The maximum absolute atomic E-state index is 13.3. The van der Waals surface area contributed by atoms with E-state index in [1.165, 1.54) is 6.92 Å². The quantitative estimate of drug-likeness (QED) is 0.341. The minimum absolute atomic E-state index is 0. The van der Waals surface area contributed by atoms with Crippen LogP contribution in [-0.4, -0.2) is 77.3 Å². The summed E-state index contributed by atoms with van der Waals surface area (Å²) >= 11 is 0. The second kappa shape index (κ2) is 11.8. The third-order valence-corrected chi connectivity index (χ3v) is 7.16. The van der Waals surface area contributed by atoms with E-state index >= 15 is 0 Å². The predicted octanol–water partition coefficient (Wildman–Crippen LogP) is 2.48. The monoisotopic (exact) mass is 506 g/mol. The maximum Gasteiger partial charge on any atom is 0.170 e. The molecule has 202 valence electrons. The van der Waals surface area contributed by atoms with Crippen molar-refractivity contribution in [3.05, 3.63) is 46.7 Å². The fourth-order valence-corrected chi connectivity index (χ4v) is 5.57. The number of carbonyl (C=O) groups is 3. The van der Waals surface area contributed by atoms with E-state index in [0.717, 1.165) is 11.3 Å². The standard InChI is InChI=1S/C27H36N2O6.H2O.2H2/c1-6-7-29(5)13-18-11-21(28(3)4)19-9-16(10-22(32)25(19)26(18)34)8-17-12-23(33)24(15(2)31)27(35)20(17)14-30;;;/h6,11,16-17,20,30,34-35H,1,7-10,12-14H2,2-5H3;1H2;2*1H. The van der Waals surface area contributed by atoms with Gasteiger partial charge in [-0.05, 0) is 50.3 Å². The van der Waals surface area contributed by atoms with E-state index in [1.807, 2.05) is 37.0 Å². The highest BCUT2D eigenvalue weighted by Gasteiger charge is 2.40. The summed E-state index contributed by atoms with van der Waals surface area (Å²) in [4.78, 5) is 41.6. The molecule has 0 fully saturated rings. The van der Waals surface area contributed by atoms with Crippen molar-refractivity contribution in [3.8, 4) is 5.75 Å². The Morgan fingerprint density at radius 3 is 2.39 bits per heavy atom. The van der Waals surface area contributed by atoms with Crippen molar-refractivity contribution in [3.63, 3.8) is 0 Å². The molecule has 2 aliphatic carbocycles. The van der Waals surface area contributed by atoms with Crippen molar-refractivity contribution in [2.75, 3.05) is 39.2 Å². The third-order valence-electron chi connectivity index (χ3n) is 7.16. The van der Waals surface area contributed by atoms with E-state index in [0.29, 0.717) is 37.1 Å². The molecule has 0 aromatic heterocycles. The Morgan fingerprint density at radius 2 is 1.83 bits per heavy atom. The van der Waals surface area contributed by atoms with Crippen LogP contribution in [0.3, 0.4) is 0 Å². The Labute approximate surface area is 215 Å². The zero-order valence-electron chi connectivity index (χ0n) is 21.5. The van der Waals surface area contributed by atoms with Gasteiger partial charge in [0, 0.05) is 60.0 Å². The molecule has 1 aromatic rings. The first-order chi connectivity index (χ1) is 16.5. The summed E-state index contributed by atoms with van der Waals surface area (Å²) in [6, 6.07) is 1.91. The van der Waals surface area contributed by atoms with E-state index in [1.54, 1.807) is 6.08 Å². The number of nitrogens with zero attached hydrogens (tertiary/aromatic N) is 2. The molecule has 0 saturated carbocycles. The number of likely N-dealkylation sites (N-methyl/N-ethyl adjacent to an activating group) is 1. The van der Waals surface area contributed by atoms with Gasteiger partial charge in [0.15, 0.2) is 17.3 Å². The van der Waals surface area contributed by atoms with Gasteiger partial charge in [-0.25, -0.2) is 0 Å². The Morgan fingerprint density at radius 1 is 1.17 bits per heavy atom. The molecule has 3 unspecified atom stereocenters. The van der Waals surface area contributed by atoms with Crippen LogP contribution in [0.15, 0.2) is 30.1 Å². The Kier molecular flexibility index (Phi) is 9.59. The molecule has 0 aliphatic heterocycles. The van der Waals surface area contributed by atoms with Gasteiger partial charge >= 0.3 is 0 Å². The van der Waals surface area contributed by atoms with E-state index in [2.05, 4.69) is 6.58 Å². The van der Waals surface area contributed by atoms with Crippen LogP contribution < -0.4 is 4.90 Å². The highest BCUT2D eigenvalue weighted by Crippen LogP contribution is 2.44. The first kappa shape index (κ1) is 29.2. The van der Waals surface area contributed by atoms with Gasteiger partial charge in [-0.1, -0.05) is 6.08 Å². The number of allylic oxidation sites excluding steroid dienone is 1. The molecule has 1 aromatic carbocycles. The largest absolute Gasteiger partial charge is 0.511 e. The smallest absolute Gasteiger partial charge is 0.170 e. The average molecular weight is 507 g/mol. The molecule has 0 saturated heterocycles. The van der Waals surface area contributed by atoms with Crippen LogP contribution in [0.5, 0.6) is 5.75 Å². The SMILES string of the molecule is C=CCN(C)Cc1cc(N(C)C)c2c(c1O)C(=O)CC(CC1CC(=O)C(C(C)=O)=C(O)C1CO)C2.O.[HH].[HH]. The van der Waals surface area contributed by atoms with E-state index < -0.39 is 17.5 Å². The minimum Gasteiger partial charge on any atom is -0.511 e. The molecule has 0 bridgehead atoms. The number of Topliss-reactive ketones (excluding diaryl/α,β-unsaturated/α-hetero) is 3. The molecule has 9 heteroatoms. The number of fused-ring (bicyclic) bond motifs is 1. The Balaban J connectivity index is 0.00000456. The number of aliphatic hydroxyl groups excluding tert-OH is 2. The number of carbonyl (C=O) groups excluding carboxylic acids is 3. The molecule has 3 rings (SSSR count). The summed E-state index contributed by atoms with van der Waals surface area (Å²) in [6.07, 6.45) is 2.99. The topological polar surface area (TPSA) is 150 Å². The zero-order valence-corrected chi connectivity index (χ0v) is 21.5. The van der Waals surface area contributed by atoms with Crippen LogP contribution in [0.4, 0.5) is 5.69 Å². The van der Waals surface area contributed by atoms with Gasteiger partial charge in [0.1, 0.15) is 11.5 Å². The first-order valence-corrected chi connectivity index (χ1v) is 12.0. The minimum atomic E-state index is -0.715. The predicted molar refractivity (Wildman–Crippen MR) is 142 cm³/mol. The number of ketones is 3. The summed E-state index contributed by atoms with van der Waals surface area (Å²) in [6.45, 7) is 5.70. The molecule has 3 atom stereocenters. The second-order valence-corrected chi connectivity index (χ2v) is 10.1. The van der Waals surface area contributed by atoms with Crippen LogP contribution in [0.1, 0.15) is 50.5 Å².